The van der Waals surface area contributed by atoms with Crippen molar-refractivity contribution >= 4 is 23.5 Å². The van der Waals surface area contributed by atoms with Gasteiger partial charge in [0.05, 0.1) is 0 Å². The molecule has 0 amide bonds. The number of thioether (sulfide) groups is 2. The van der Waals surface area contributed by atoms with E-state index in [-0.39, 0.29) is 0 Å². The molecule has 2 aliphatic heterocycles. The molecule has 2 aliphatic rings. The molecule has 0 aliphatic carbocycles. The average Bonchev–Trinajstić information content (AvgIpc) is 2.54. The molecule has 0 fully saturated rings. The van der Waals surface area contributed by atoms with Crippen molar-refractivity contribution in [1.29, 1.82) is 0 Å². The largest absolute Gasteiger partial charge is 0.157 e. The van der Waals surface area contributed by atoms with Gasteiger partial charge >= 0.3 is 0 Å². The van der Waals surface area contributed by atoms with Crippen LogP contribution in [0.4, 0.5) is 0 Å². The minimum absolute atomic E-state index is 0.641. The highest BCUT2D eigenvalue weighted by atomic mass is 32.2. The van der Waals surface area contributed by atoms with Crippen LogP contribution in [0.3, 0.4) is 0 Å². The number of hydrogen-bond donors (Lipinski definition) is 0. The molecular weight excluding hydrogens is 280 g/mol. The van der Waals surface area contributed by atoms with Crippen LogP contribution in [0.1, 0.15) is 33.9 Å². The molecule has 2 heteroatoms. The molecule has 20 heavy (non-hydrogen) atoms. The summed E-state index contributed by atoms with van der Waals surface area (Å²) in [6.45, 7) is 0. The van der Waals surface area contributed by atoms with Crippen molar-refractivity contribution in [2.24, 2.45) is 0 Å². The van der Waals surface area contributed by atoms with Gasteiger partial charge in [0.15, 0.2) is 0 Å². The first-order chi connectivity index (χ1) is 9.90. The summed E-state index contributed by atoms with van der Waals surface area (Å²) < 4.78 is 0. The molecule has 1 unspecified atom stereocenters. The summed E-state index contributed by atoms with van der Waals surface area (Å²) in [7, 11) is 0. The molecule has 0 saturated heterocycles. The Morgan fingerprint density at radius 2 is 1.85 bits per heavy atom. The Kier molecular flexibility index (Phi) is 3.53. The molecule has 2 aromatic carbocycles. The van der Waals surface area contributed by atoms with Crippen molar-refractivity contribution in [2.45, 2.75) is 35.2 Å². The summed E-state index contributed by atoms with van der Waals surface area (Å²) >= 11 is 4.13. The van der Waals surface area contributed by atoms with E-state index in [2.05, 4.69) is 66.0 Å². The standard InChI is InChI=1S/C18H18S2/c1-2-4-17-14(3-1)7-8-18(20-17)15-6-5-13-9-10-19-12-16(13)11-15/h1-6,11,18H,7-10,12H2. The zero-order valence-electron chi connectivity index (χ0n) is 11.5. The second-order valence-corrected chi connectivity index (χ2v) is 7.93. The molecule has 0 spiro atoms. The SMILES string of the molecule is c1ccc2c(c1)CCC(c1ccc3c(c1)CSCC3)S2. The molecule has 4 rings (SSSR count). The van der Waals surface area contributed by atoms with Crippen LogP contribution in [-0.4, -0.2) is 5.75 Å². The maximum atomic E-state index is 2.48. The van der Waals surface area contributed by atoms with Gasteiger partial charge in [0.25, 0.3) is 0 Å². The predicted molar refractivity (Wildman–Crippen MR) is 89.7 cm³/mol. The van der Waals surface area contributed by atoms with Gasteiger partial charge in [-0.15, -0.1) is 11.8 Å². The van der Waals surface area contributed by atoms with Crippen LogP contribution in [0.25, 0.3) is 0 Å². The zero-order valence-corrected chi connectivity index (χ0v) is 13.1. The molecule has 1 atom stereocenters. The highest BCUT2D eigenvalue weighted by Crippen LogP contribution is 2.45. The molecule has 0 saturated carbocycles. The van der Waals surface area contributed by atoms with Gasteiger partial charge in [-0.2, -0.15) is 11.8 Å². The molecule has 0 nitrogen and oxygen atoms in total. The third-order valence-corrected chi connectivity index (χ3v) is 6.75. The monoisotopic (exact) mass is 298 g/mol. The number of aryl methyl sites for hydroxylation is 2. The predicted octanol–water partition coefficient (Wildman–Crippen LogP) is 5.26. The summed E-state index contributed by atoms with van der Waals surface area (Å²) in [4.78, 5) is 1.48. The Bertz CT molecular complexity index is 633. The van der Waals surface area contributed by atoms with Gasteiger partial charge in [-0.3, -0.25) is 0 Å². The number of hydrogen-bond acceptors (Lipinski definition) is 2. The number of fused-ring (bicyclic) bond motifs is 2. The minimum Gasteiger partial charge on any atom is -0.157 e. The van der Waals surface area contributed by atoms with Crippen LogP contribution < -0.4 is 0 Å². The molecule has 102 valence electrons. The third kappa shape index (κ3) is 2.40. The first kappa shape index (κ1) is 12.8. The van der Waals surface area contributed by atoms with E-state index in [0.717, 1.165) is 0 Å². The number of rotatable bonds is 1. The second kappa shape index (κ2) is 5.50. The van der Waals surface area contributed by atoms with E-state index < -0.39 is 0 Å². The van der Waals surface area contributed by atoms with Crippen molar-refractivity contribution in [1.82, 2.24) is 0 Å². The Labute approximate surface area is 129 Å². The normalized spacial score (nSPS) is 21.1. The molecule has 0 bridgehead atoms. The van der Waals surface area contributed by atoms with Crippen LogP contribution in [-0.2, 0) is 18.6 Å². The highest BCUT2D eigenvalue weighted by molar-refractivity contribution is 7.99. The first-order valence-electron chi connectivity index (χ1n) is 7.34. The summed E-state index contributed by atoms with van der Waals surface area (Å²) in [5, 5.41) is 0.641. The summed E-state index contributed by atoms with van der Waals surface area (Å²) in [6.07, 6.45) is 3.74. The minimum atomic E-state index is 0.641. The fourth-order valence-corrected chi connectivity index (χ4v) is 5.45. The Hall–Kier alpha value is -0.860. The van der Waals surface area contributed by atoms with E-state index in [0.29, 0.717) is 5.25 Å². The van der Waals surface area contributed by atoms with Crippen molar-refractivity contribution in [3.05, 3.63) is 64.7 Å². The maximum absolute atomic E-state index is 2.48. The summed E-state index contributed by atoms with van der Waals surface area (Å²) in [5.41, 5.74) is 6.22. The quantitative estimate of drug-likeness (QED) is 0.704. The van der Waals surface area contributed by atoms with Gasteiger partial charge in [-0.25, -0.2) is 0 Å². The molecule has 2 heterocycles. The van der Waals surface area contributed by atoms with Crippen LogP contribution in [0.15, 0.2) is 47.4 Å². The van der Waals surface area contributed by atoms with E-state index in [1.165, 1.54) is 46.8 Å². The lowest BCUT2D eigenvalue weighted by atomic mass is 9.98. The Balaban J connectivity index is 1.63. The van der Waals surface area contributed by atoms with E-state index in [9.17, 15) is 0 Å². The Morgan fingerprint density at radius 1 is 0.900 bits per heavy atom. The Morgan fingerprint density at radius 3 is 2.85 bits per heavy atom. The smallest absolute Gasteiger partial charge is 0.0347 e. The number of benzene rings is 2. The van der Waals surface area contributed by atoms with Gasteiger partial charge in [0, 0.05) is 15.9 Å². The molecule has 2 aromatic rings. The van der Waals surface area contributed by atoms with Crippen molar-refractivity contribution in [3.8, 4) is 0 Å². The van der Waals surface area contributed by atoms with Crippen LogP contribution >= 0.6 is 23.5 Å². The molecule has 0 aromatic heterocycles. The third-order valence-electron chi connectivity index (χ3n) is 4.29. The van der Waals surface area contributed by atoms with Crippen molar-refractivity contribution in [3.63, 3.8) is 0 Å². The lowest BCUT2D eigenvalue weighted by Crippen LogP contribution is -2.07. The fraction of sp³-hybridized carbons (Fsp3) is 0.333. The average molecular weight is 298 g/mol. The van der Waals surface area contributed by atoms with Gasteiger partial charge < -0.3 is 0 Å². The van der Waals surface area contributed by atoms with Crippen molar-refractivity contribution in [2.75, 3.05) is 5.75 Å². The van der Waals surface area contributed by atoms with Gasteiger partial charge in [0.1, 0.15) is 0 Å². The first-order valence-corrected chi connectivity index (χ1v) is 9.37. The zero-order chi connectivity index (χ0) is 13.4. The summed E-state index contributed by atoms with van der Waals surface area (Å²) in [6, 6.07) is 16.1. The maximum Gasteiger partial charge on any atom is 0.0347 e. The summed E-state index contributed by atoms with van der Waals surface area (Å²) in [5.74, 6) is 2.50. The molecule has 0 radical (unpaired) electrons. The van der Waals surface area contributed by atoms with E-state index in [1.54, 1.807) is 11.1 Å². The lowest BCUT2D eigenvalue weighted by molar-refractivity contribution is 0.770. The van der Waals surface area contributed by atoms with Gasteiger partial charge in [-0.05, 0) is 53.3 Å². The highest BCUT2D eigenvalue weighted by Gasteiger charge is 2.21. The second-order valence-electron chi connectivity index (χ2n) is 5.58. The van der Waals surface area contributed by atoms with E-state index in [4.69, 9.17) is 0 Å². The van der Waals surface area contributed by atoms with Gasteiger partial charge in [0.2, 0.25) is 0 Å². The van der Waals surface area contributed by atoms with E-state index in [1.807, 2.05) is 0 Å². The molecule has 0 N–H and O–H groups in total. The van der Waals surface area contributed by atoms with E-state index >= 15 is 0 Å². The topological polar surface area (TPSA) is 0 Å². The van der Waals surface area contributed by atoms with Crippen LogP contribution in [0.5, 0.6) is 0 Å². The van der Waals surface area contributed by atoms with Gasteiger partial charge in [-0.1, -0.05) is 36.4 Å². The van der Waals surface area contributed by atoms with Crippen LogP contribution in [0, 0.1) is 0 Å². The van der Waals surface area contributed by atoms with Crippen LogP contribution in [0.2, 0.25) is 0 Å². The fourth-order valence-electron chi connectivity index (χ4n) is 3.15. The van der Waals surface area contributed by atoms with Crippen molar-refractivity contribution < 1.29 is 0 Å². The molecular formula is C18H18S2. The lowest BCUT2D eigenvalue weighted by Gasteiger charge is -2.26.